The summed E-state index contributed by atoms with van der Waals surface area (Å²) < 4.78 is 4.29. The Hall–Kier alpha value is -0.560. The van der Waals surface area contributed by atoms with E-state index in [-0.39, 0.29) is 24.1 Å². The highest BCUT2D eigenvalue weighted by atomic mass is 32.2. The summed E-state index contributed by atoms with van der Waals surface area (Å²) in [6, 6.07) is 0.480. The van der Waals surface area contributed by atoms with Gasteiger partial charge in [0.2, 0.25) is 0 Å². The molecule has 2 aliphatic rings. The molecule has 0 spiro atoms. The van der Waals surface area contributed by atoms with Crippen LogP contribution in [0.3, 0.4) is 0 Å². The fourth-order valence-electron chi connectivity index (χ4n) is 2.30. The zero-order valence-corrected chi connectivity index (χ0v) is 11.1. The van der Waals surface area contributed by atoms with Crippen LogP contribution in [0.25, 0.3) is 0 Å². The molecule has 2 fully saturated rings. The third kappa shape index (κ3) is 3.22. The summed E-state index contributed by atoms with van der Waals surface area (Å²) in [4.78, 5) is 22.0. The van der Waals surface area contributed by atoms with Gasteiger partial charge in [0.25, 0.3) is 0 Å². The lowest BCUT2D eigenvalue weighted by Gasteiger charge is -2.16. The minimum Gasteiger partial charge on any atom is -0.395 e. The van der Waals surface area contributed by atoms with Crippen LogP contribution in [0.4, 0.5) is 4.79 Å². The van der Waals surface area contributed by atoms with E-state index in [2.05, 4.69) is 27.7 Å². The van der Waals surface area contributed by atoms with E-state index in [0.29, 0.717) is 11.7 Å². The Morgan fingerprint density at radius 3 is 3.06 bits per heavy atom. The topological polar surface area (TPSA) is 67.4 Å². The first-order valence-electron chi connectivity index (χ1n) is 5.73. The molecule has 0 radical (unpaired) electrons. The van der Waals surface area contributed by atoms with E-state index in [9.17, 15) is 9.59 Å². The molecule has 2 amide bonds. The largest absolute Gasteiger partial charge is 0.395 e. The van der Waals surface area contributed by atoms with Gasteiger partial charge in [-0.2, -0.15) is 11.8 Å². The molecule has 0 aromatic carbocycles. The summed E-state index contributed by atoms with van der Waals surface area (Å²) in [6.07, 6.45) is 3.22. The van der Waals surface area contributed by atoms with Gasteiger partial charge in [-0.3, -0.25) is 4.79 Å². The molecule has 0 aromatic heterocycles. The smallest absolute Gasteiger partial charge is 0.317 e. The first kappa shape index (κ1) is 12.9. The van der Waals surface area contributed by atoms with Crippen molar-refractivity contribution in [2.75, 3.05) is 5.75 Å². The van der Waals surface area contributed by atoms with E-state index >= 15 is 0 Å². The van der Waals surface area contributed by atoms with Crippen LogP contribution in [0.1, 0.15) is 25.7 Å². The molecular weight excluding hydrogens is 260 g/mol. The van der Waals surface area contributed by atoms with Gasteiger partial charge in [0.1, 0.15) is 0 Å². The number of hydrogen-bond donors (Lipinski definition) is 3. The van der Waals surface area contributed by atoms with Crippen molar-refractivity contribution >= 4 is 36.7 Å². The van der Waals surface area contributed by atoms with Crippen molar-refractivity contribution in [3.63, 3.8) is 0 Å². The van der Waals surface area contributed by atoms with Crippen molar-refractivity contribution in [2.45, 2.75) is 43.0 Å². The predicted octanol–water partition coefficient (Wildman–Crippen LogP) is 1.10. The Morgan fingerprint density at radius 1 is 1.47 bits per heavy atom. The number of rotatable bonds is 5. The highest BCUT2D eigenvalue weighted by Gasteiger charge is 2.42. The molecule has 96 valence electrons. The fraction of sp³-hybridized carbons (Fsp3) is 0.800. The lowest BCUT2D eigenvalue weighted by Crippen LogP contribution is -2.36. The second-order valence-electron chi connectivity index (χ2n) is 4.33. The lowest BCUT2D eigenvalue weighted by atomic mass is 10.0. The van der Waals surface area contributed by atoms with E-state index in [1.165, 1.54) is 0 Å². The summed E-state index contributed by atoms with van der Waals surface area (Å²) >= 11 is 5.35. The average molecular weight is 276 g/mol. The zero-order valence-electron chi connectivity index (χ0n) is 9.35. The first-order valence-corrected chi connectivity index (χ1v) is 7.15. The van der Waals surface area contributed by atoms with Crippen molar-refractivity contribution in [1.29, 1.82) is 0 Å². The Labute approximate surface area is 110 Å². The molecule has 2 rings (SSSR count). The lowest BCUT2D eigenvalue weighted by molar-refractivity contribution is -0.132. The summed E-state index contributed by atoms with van der Waals surface area (Å²) in [5, 5.41) is 6.32. The van der Waals surface area contributed by atoms with E-state index in [4.69, 9.17) is 0 Å². The van der Waals surface area contributed by atoms with Gasteiger partial charge >= 0.3 is 12.0 Å². The normalized spacial score (nSPS) is 30.6. The van der Waals surface area contributed by atoms with E-state index < -0.39 is 0 Å². The molecule has 2 aliphatic heterocycles. The molecule has 0 aliphatic carbocycles. The van der Waals surface area contributed by atoms with Crippen LogP contribution < -0.4 is 10.6 Å². The Morgan fingerprint density at radius 2 is 2.29 bits per heavy atom. The van der Waals surface area contributed by atoms with E-state index in [1.54, 1.807) is 0 Å². The monoisotopic (exact) mass is 276 g/mol. The minimum atomic E-state index is -0.277. The van der Waals surface area contributed by atoms with Gasteiger partial charge in [-0.15, -0.1) is 0 Å². The number of hydrogen-bond acceptors (Lipinski definition) is 5. The van der Waals surface area contributed by atoms with Crippen LogP contribution in [0.2, 0.25) is 0 Å². The van der Waals surface area contributed by atoms with Gasteiger partial charge in [-0.05, 0) is 12.8 Å². The molecule has 3 atom stereocenters. The van der Waals surface area contributed by atoms with Crippen LogP contribution in [-0.4, -0.2) is 35.1 Å². The van der Waals surface area contributed by atoms with Gasteiger partial charge in [0.05, 0.1) is 12.1 Å². The van der Waals surface area contributed by atoms with Crippen LogP contribution >= 0.6 is 24.7 Å². The molecule has 5 nitrogen and oxygen atoms in total. The molecule has 2 heterocycles. The van der Waals surface area contributed by atoms with Crippen LogP contribution in [-0.2, 0) is 8.98 Å². The SMILES string of the molecule is O=C1N[C@H]2[C@H](CS[C@H]2CCCCC(=O)OS)N1. The number of unbranched alkanes of at least 4 members (excludes halogenated alkanes) is 1. The summed E-state index contributed by atoms with van der Waals surface area (Å²) in [5.74, 6) is 0.702. The number of carbonyl (C=O) groups excluding carboxylic acids is 2. The highest BCUT2D eigenvalue weighted by molar-refractivity contribution is 8.00. The molecule has 0 aromatic rings. The van der Waals surface area contributed by atoms with Gasteiger partial charge in [0, 0.05) is 30.3 Å². The van der Waals surface area contributed by atoms with E-state index in [0.717, 1.165) is 25.0 Å². The van der Waals surface area contributed by atoms with Crippen LogP contribution in [0, 0.1) is 0 Å². The van der Waals surface area contributed by atoms with Crippen molar-refractivity contribution in [2.24, 2.45) is 0 Å². The molecular formula is C10H16N2O3S2. The van der Waals surface area contributed by atoms with E-state index in [1.807, 2.05) is 11.8 Å². The quantitative estimate of drug-likeness (QED) is 0.304. The number of nitrogens with one attached hydrogen (secondary N) is 2. The number of carbonyl (C=O) groups is 2. The Kier molecular flexibility index (Phi) is 4.44. The van der Waals surface area contributed by atoms with Crippen LogP contribution in [0.5, 0.6) is 0 Å². The van der Waals surface area contributed by atoms with Crippen molar-refractivity contribution in [1.82, 2.24) is 10.6 Å². The number of thiol groups is 1. The summed E-state index contributed by atoms with van der Waals surface area (Å²) in [7, 11) is 0. The number of thioether (sulfide) groups is 1. The standard InChI is InChI=1S/C10H16N2O3S2/c13-8(15-16)4-2-1-3-7-9-6(5-17-7)11-10(14)12-9/h6-7,9,16H,1-5H2,(H2,11,12,14)/t6-,7-,9-/m0/s1. The fourth-order valence-corrected chi connectivity index (χ4v) is 3.94. The molecule has 2 N–H and O–H groups in total. The van der Waals surface area contributed by atoms with Crippen LogP contribution in [0.15, 0.2) is 0 Å². The summed E-state index contributed by atoms with van der Waals surface area (Å²) in [5.41, 5.74) is 0. The maximum Gasteiger partial charge on any atom is 0.317 e. The average Bonchev–Trinajstić information content (AvgIpc) is 2.84. The summed E-state index contributed by atoms with van der Waals surface area (Å²) in [6.45, 7) is 0. The maximum atomic E-state index is 11.2. The second-order valence-corrected chi connectivity index (χ2v) is 5.79. The van der Waals surface area contributed by atoms with Gasteiger partial charge < -0.3 is 14.8 Å². The molecule has 7 heteroatoms. The molecule has 0 saturated carbocycles. The van der Waals surface area contributed by atoms with Crippen molar-refractivity contribution in [3.8, 4) is 0 Å². The zero-order chi connectivity index (χ0) is 12.3. The predicted molar refractivity (Wildman–Crippen MR) is 69.0 cm³/mol. The van der Waals surface area contributed by atoms with Gasteiger partial charge in [-0.25, -0.2) is 4.79 Å². The molecule has 2 saturated heterocycles. The Bertz CT molecular complexity index is 314. The third-order valence-corrected chi connectivity index (χ3v) is 4.87. The van der Waals surface area contributed by atoms with Gasteiger partial charge in [0.15, 0.2) is 0 Å². The molecule has 17 heavy (non-hydrogen) atoms. The molecule has 0 unspecified atom stereocenters. The number of fused-ring (bicyclic) bond motifs is 1. The first-order chi connectivity index (χ1) is 8.20. The second kappa shape index (κ2) is 5.86. The highest BCUT2D eigenvalue weighted by Crippen LogP contribution is 2.33. The Balaban J connectivity index is 1.66. The number of amides is 2. The maximum absolute atomic E-state index is 11.2. The number of urea groups is 1. The molecule has 0 bridgehead atoms. The third-order valence-electron chi connectivity index (χ3n) is 3.16. The van der Waals surface area contributed by atoms with Crippen molar-refractivity contribution < 1.29 is 13.8 Å². The van der Waals surface area contributed by atoms with Gasteiger partial charge in [-0.1, -0.05) is 6.42 Å². The van der Waals surface area contributed by atoms with Crippen molar-refractivity contribution in [3.05, 3.63) is 0 Å². The minimum absolute atomic E-state index is 0.0519.